The standard InChI is InChI=1S/C7H6BrF2NO2/c8-2-3-1-4(5(9)10)7(13)11-6(3)12/h1,5H,2H2,(H2,11,12,13). The zero-order valence-corrected chi connectivity index (χ0v) is 7.94. The molecule has 0 aliphatic rings. The lowest BCUT2D eigenvalue weighted by atomic mass is 10.2. The average Bonchev–Trinajstić information content (AvgIpc) is 2.03. The van der Waals surface area contributed by atoms with Crippen molar-refractivity contribution < 1.29 is 13.9 Å². The third kappa shape index (κ3) is 2.06. The van der Waals surface area contributed by atoms with Crippen LogP contribution < -0.4 is 5.56 Å². The topological polar surface area (TPSA) is 53.1 Å². The SMILES string of the molecule is O=c1[nH]c(O)c(CBr)cc1C(F)F. The van der Waals surface area contributed by atoms with Gasteiger partial charge >= 0.3 is 0 Å². The van der Waals surface area contributed by atoms with Crippen LogP contribution in [0, 0.1) is 0 Å². The first-order chi connectivity index (χ1) is 6.06. The molecule has 0 unspecified atom stereocenters. The number of halogens is 3. The summed E-state index contributed by atoms with van der Waals surface area (Å²) in [6.07, 6.45) is -2.83. The van der Waals surface area contributed by atoms with Crippen LogP contribution in [-0.2, 0) is 5.33 Å². The number of hydrogen-bond acceptors (Lipinski definition) is 2. The first-order valence-electron chi connectivity index (χ1n) is 3.35. The third-order valence-electron chi connectivity index (χ3n) is 1.51. The van der Waals surface area contributed by atoms with Gasteiger partial charge in [0.05, 0.1) is 5.56 Å². The molecule has 0 atom stereocenters. The number of aromatic hydroxyl groups is 1. The van der Waals surface area contributed by atoms with Crippen LogP contribution in [0.15, 0.2) is 10.9 Å². The van der Waals surface area contributed by atoms with Crippen molar-refractivity contribution in [3.05, 3.63) is 27.5 Å². The van der Waals surface area contributed by atoms with Crippen LogP contribution >= 0.6 is 15.9 Å². The van der Waals surface area contributed by atoms with Gasteiger partial charge in [-0.05, 0) is 6.07 Å². The van der Waals surface area contributed by atoms with E-state index >= 15 is 0 Å². The minimum atomic E-state index is -2.83. The smallest absolute Gasteiger partial charge is 0.269 e. The molecule has 3 nitrogen and oxygen atoms in total. The van der Waals surface area contributed by atoms with E-state index in [4.69, 9.17) is 5.11 Å². The Hall–Kier alpha value is -0.910. The van der Waals surface area contributed by atoms with Gasteiger partial charge in [0.1, 0.15) is 0 Å². The van der Waals surface area contributed by atoms with Gasteiger partial charge in [-0.25, -0.2) is 8.78 Å². The summed E-state index contributed by atoms with van der Waals surface area (Å²) in [5.41, 5.74) is -1.36. The van der Waals surface area contributed by atoms with E-state index in [0.29, 0.717) is 0 Å². The summed E-state index contributed by atoms with van der Waals surface area (Å²) in [6.45, 7) is 0. The van der Waals surface area contributed by atoms with Gasteiger partial charge in [0.2, 0.25) is 0 Å². The quantitative estimate of drug-likeness (QED) is 0.792. The molecule has 0 saturated carbocycles. The third-order valence-corrected chi connectivity index (χ3v) is 2.11. The van der Waals surface area contributed by atoms with Gasteiger partial charge in [-0.1, -0.05) is 15.9 Å². The second-order valence-electron chi connectivity index (χ2n) is 2.36. The minimum Gasteiger partial charge on any atom is -0.494 e. The van der Waals surface area contributed by atoms with Crippen molar-refractivity contribution in [1.82, 2.24) is 4.98 Å². The van der Waals surface area contributed by atoms with Crippen molar-refractivity contribution in [2.75, 3.05) is 0 Å². The molecule has 0 saturated heterocycles. The fourth-order valence-corrected chi connectivity index (χ4v) is 1.27. The summed E-state index contributed by atoms with van der Waals surface area (Å²) < 4.78 is 24.3. The summed E-state index contributed by atoms with van der Waals surface area (Å²) in [4.78, 5) is 12.8. The maximum Gasteiger partial charge on any atom is 0.269 e. The number of aromatic nitrogens is 1. The van der Waals surface area contributed by atoms with Crippen molar-refractivity contribution in [3.63, 3.8) is 0 Å². The molecule has 0 bridgehead atoms. The van der Waals surface area contributed by atoms with E-state index < -0.39 is 17.5 Å². The van der Waals surface area contributed by atoms with E-state index in [1.165, 1.54) is 0 Å². The summed E-state index contributed by atoms with van der Waals surface area (Å²) in [5.74, 6) is -0.383. The van der Waals surface area contributed by atoms with Gasteiger partial charge < -0.3 is 5.11 Å². The highest BCUT2D eigenvalue weighted by Crippen LogP contribution is 2.21. The van der Waals surface area contributed by atoms with E-state index in [-0.39, 0.29) is 16.8 Å². The predicted octanol–water partition coefficient (Wildman–Crippen LogP) is 1.91. The molecule has 0 radical (unpaired) electrons. The second kappa shape index (κ2) is 3.87. The molecule has 0 amide bonds. The second-order valence-corrected chi connectivity index (χ2v) is 2.92. The van der Waals surface area contributed by atoms with E-state index in [1.807, 2.05) is 4.98 Å². The highest BCUT2D eigenvalue weighted by molar-refractivity contribution is 9.08. The van der Waals surface area contributed by atoms with Gasteiger partial charge in [-0.3, -0.25) is 9.78 Å². The first kappa shape index (κ1) is 10.2. The Morgan fingerprint density at radius 2 is 2.23 bits per heavy atom. The van der Waals surface area contributed by atoms with Crippen LogP contribution in [0.5, 0.6) is 5.88 Å². The molecule has 1 aromatic heterocycles. The minimum absolute atomic E-state index is 0.204. The maximum absolute atomic E-state index is 12.2. The molecule has 6 heteroatoms. The highest BCUT2D eigenvalue weighted by Gasteiger charge is 2.14. The van der Waals surface area contributed by atoms with Gasteiger partial charge in [-0.2, -0.15) is 0 Å². The van der Waals surface area contributed by atoms with Crippen LogP contribution in [0.2, 0.25) is 0 Å². The molecule has 1 rings (SSSR count). The van der Waals surface area contributed by atoms with Crippen molar-refractivity contribution in [2.24, 2.45) is 0 Å². The lowest BCUT2D eigenvalue weighted by molar-refractivity contribution is 0.149. The van der Waals surface area contributed by atoms with Crippen LogP contribution in [0.25, 0.3) is 0 Å². The van der Waals surface area contributed by atoms with E-state index in [2.05, 4.69) is 15.9 Å². The molecule has 1 aromatic rings. The Morgan fingerprint density at radius 3 is 2.69 bits per heavy atom. The van der Waals surface area contributed by atoms with Crippen LogP contribution in [0.3, 0.4) is 0 Å². The first-order valence-corrected chi connectivity index (χ1v) is 4.47. The molecule has 72 valence electrons. The molecule has 0 aliphatic heterocycles. The van der Waals surface area contributed by atoms with Gasteiger partial charge in [0, 0.05) is 10.9 Å². The van der Waals surface area contributed by atoms with Crippen LogP contribution in [-0.4, -0.2) is 10.1 Å². The van der Waals surface area contributed by atoms with Crippen molar-refractivity contribution >= 4 is 15.9 Å². The van der Waals surface area contributed by atoms with Crippen molar-refractivity contribution in [2.45, 2.75) is 11.8 Å². The largest absolute Gasteiger partial charge is 0.494 e. The molecule has 2 N–H and O–H groups in total. The number of pyridine rings is 1. The van der Waals surface area contributed by atoms with Gasteiger partial charge in [-0.15, -0.1) is 0 Å². The number of aromatic amines is 1. The average molecular weight is 254 g/mol. The maximum atomic E-state index is 12.2. The van der Waals surface area contributed by atoms with Crippen LogP contribution in [0.1, 0.15) is 17.6 Å². The normalized spacial score (nSPS) is 10.8. The molecule has 13 heavy (non-hydrogen) atoms. The van der Waals surface area contributed by atoms with Gasteiger partial charge in [0.25, 0.3) is 12.0 Å². The van der Waals surface area contributed by atoms with E-state index in [1.54, 1.807) is 0 Å². The Kier molecular flexibility index (Phi) is 3.02. The van der Waals surface area contributed by atoms with E-state index in [9.17, 15) is 13.6 Å². The zero-order chi connectivity index (χ0) is 10.0. The lowest BCUT2D eigenvalue weighted by Crippen LogP contribution is -2.13. The molecular formula is C7H6BrF2NO2. The molecule has 0 spiro atoms. The Morgan fingerprint density at radius 1 is 1.62 bits per heavy atom. The molecule has 0 aromatic carbocycles. The van der Waals surface area contributed by atoms with Crippen LogP contribution in [0.4, 0.5) is 8.78 Å². The van der Waals surface area contributed by atoms with E-state index in [0.717, 1.165) is 6.07 Å². The monoisotopic (exact) mass is 253 g/mol. The summed E-state index contributed by atoms with van der Waals surface area (Å²) >= 11 is 2.99. The van der Waals surface area contributed by atoms with Gasteiger partial charge in [0.15, 0.2) is 5.88 Å². The Bertz CT molecular complexity index is 364. The fraction of sp³-hybridized carbons (Fsp3) is 0.286. The van der Waals surface area contributed by atoms with Crippen molar-refractivity contribution in [1.29, 1.82) is 0 Å². The lowest BCUT2D eigenvalue weighted by Gasteiger charge is -2.03. The molecule has 0 fully saturated rings. The summed E-state index contributed by atoms with van der Waals surface area (Å²) in [6, 6.07) is 0.980. The summed E-state index contributed by atoms with van der Waals surface area (Å²) in [7, 11) is 0. The number of rotatable bonds is 2. The number of hydrogen-bond donors (Lipinski definition) is 2. The number of H-pyrrole nitrogens is 1. The number of nitrogens with one attached hydrogen (secondary N) is 1. The zero-order valence-electron chi connectivity index (χ0n) is 6.35. The van der Waals surface area contributed by atoms with Crippen molar-refractivity contribution in [3.8, 4) is 5.88 Å². The fourth-order valence-electron chi connectivity index (χ4n) is 0.846. The molecule has 1 heterocycles. The predicted molar refractivity (Wildman–Crippen MR) is 46.3 cm³/mol. The highest BCUT2D eigenvalue weighted by atomic mass is 79.9. The summed E-state index contributed by atoms with van der Waals surface area (Å²) in [5, 5.41) is 9.27. The molecular weight excluding hydrogens is 248 g/mol. The Labute approximate surface area is 80.5 Å². The molecule has 0 aliphatic carbocycles. The number of alkyl halides is 3. The Balaban J connectivity index is 3.31.